The van der Waals surface area contributed by atoms with Crippen LogP contribution in [-0.4, -0.2) is 18.4 Å². The topological polar surface area (TPSA) is 58.2 Å². The molecule has 0 aliphatic heterocycles. The van der Waals surface area contributed by atoms with E-state index in [1.807, 2.05) is 6.07 Å². The smallest absolute Gasteiger partial charge is 0.253 e. The molecule has 138 valence electrons. The lowest BCUT2D eigenvalue weighted by Crippen LogP contribution is -2.26. The van der Waals surface area contributed by atoms with Crippen molar-refractivity contribution in [2.24, 2.45) is 0 Å². The molecule has 2 rings (SSSR count). The van der Waals surface area contributed by atoms with Gasteiger partial charge >= 0.3 is 0 Å². The van der Waals surface area contributed by atoms with Gasteiger partial charge in [0.25, 0.3) is 5.91 Å². The van der Waals surface area contributed by atoms with Crippen LogP contribution in [0.3, 0.4) is 0 Å². The Kier molecular flexibility index (Phi) is 7.39. The third-order valence-corrected chi connectivity index (χ3v) is 4.47. The maximum atomic E-state index is 12.3. The monoisotopic (exact) mass is 352 g/mol. The first-order valence-electron chi connectivity index (χ1n) is 9.24. The van der Waals surface area contributed by atoms with Crippen LogP contribution in [0.15, 0.2) is 42.5 Å². The second-order valence-electron chi connectivity index (χ2n) is 6.62. The number of hydrogen-bond acceptors (Lipinski definition) is 2. The highest BCUT2D eigenvalue weighted by Gasteiger charge is 2.12. The molecule has 0 heterocycles. The average molecular weight is 352 g/mol. The largest absolute Gasteiger partial charge is 0.352 e. The van der Waals surface area contributed by atoms with Crippen LogP contribution < -0.4 is 10.6 Å². The van der Waals surface area contributed by atoms with E-state index in [1.54, 1.807) is 18.2 Å². The summed E-state index contributed by atoms with van der Waals surface area (Å²) in [6.45, 7) is 6.88. The molecule has 2 N–H and O–H groups in total. The van der Waals surface area contributed by atoms with Crippen molar-refractivity contribution >= 4 is 17.5 Å². The van der Waals surface area contributed by atoms with Crippen molar-refractivity contribution in [2.75, 3.05) is 11.9 Å². The molecule has 0 aliphatic carbocycles. The molecule has 0 saturated heterocycles. The van der Waals surface area contributed by atoms with Gasteiger partial charge in [-0.1, -0.05) is 43.7 Å². The highest BCUT2D eigenvalue weighted by atomic mass is 16.2. The fourth-order valence-corrected chi connectivity index (χ4v) is 2.69. The number of nitrogens with one attached hydrogen (secondary N) is 2. The van der Waals surface area contributed by atoms with Crippen LogP contribution in [0.4, 0.5) is 5.69 Å². The molecular weight excluding hydrogens is 324 g/mol. The molecule has 4 nitrogen and oxygen atoms in total. The number of rotatable bonds is 8. The van der Waals surface area contributed by atoms with Gasteiger partial charge in [0.05, 0.1) is 11.3 Å². The normalized spacial score (nSPS) is 10.4. The van der Waals surface area contributed by atoms with Gasteiger partial charge in [-0.05, 0) is 55.5 Å². The first-order valence-corrected chi connectivity index (χ1v) is 9.24. The average Bonchev–Trinajstić information content (AvgIpc) is 2.63. The molecule has 0 aromatic heterocycles. The lowest BCUT2D eigenvalue weighted by atomic mass is 10.0. The molecule has 2 aromatic carbocycles. The van der Waals surface area contributed by atoms with Gasteiger partial charge in [-0.15, -0.1) is 0 Å². The summed E-state index contributed by atoms with van der Waals surface area (Å²) in [6.07, 6.45) is 3.03. The van der Waals surface area contributed by atoms with Crippen LogP contribution in [0.5, 0.6) is 0 Å². The van der Waals surface area contributed by atoms with Crippen molar-refractivity contribution in [1.82, 2.24) is 5.32 Å². The Bertz CT molecular complexity index is 768. The van der Waals surface area contributed by atoms with Crippen LogP contribution >= 0.6 is 0 Å². The van der Waals surface area contributed by atoms with E-state index < -0.39 is 0 Å². The van der Waals surface area contributed by atoms with Gasteiger partial charge in [-0.25, -0.2) is 0 Å². The van der Waals surface area contributed by atoms with Crippen LogP contribution in [0.1, 0.15) is 53.2 Å². The van der Waals surface area contributed by atoms with Crippen molar-refractivity contribution in [3.63, 3.8) is 0 Å². The summed E-state index contributed by atoms with van der Waals surface area (Å²) < 4.78 is 0. The summed E-state index contributed by atoms with van der Waals surface area (Å²) in [7, 11) is 0. The van der Waals surface area contributed by atoms with E-state index >= 15 is 0 Å². The second kappa shape index (κ2) is 9.76. The van der Waals surface area contributed by atoms with Gasteiger partial charge in [0.1, 0.15) is 0 Å². The van der Waals surface area contributed by atoms with Crippen molar-refractivity contribution in [3.8, 4) is 0 Å². The van der Waals surface area contributed by atoms with Crippen LogP contribution in [-0.2, 0) is 11.2 Å². The van der Waals surface area contributed by atoms with Crippen LogP contribution in [0, 0.1) is 13.8 Å². The standard InChI is InChI=1S/C22H28N2O2/c1-4-5-14-23-22(26)19-8-6-7-9-20(19)24-21(25)13-12-18-11-10-16(2)17(3)15-18/h6-11,15H,4-5,12-14H2,1-3H3,(H,23,26)(H,24,25). The molecule has 0 radical (unpaired) electrons. The summed E-state index contributed by atoms with van der Waals surface area (Å²) >= 11 is 0. The Morgan fingerprint density at radius 2 is 1.77 bits per heavy atom. The predicted octanol–water partition coefficient (Wildman–Crippen LogP) is 4.40. The zero-order valence-electron chi connectivity index (χ0n) is 15.9. The third kappa shape index (κ3) is 5.73. The van der Waals surface area contributed by atoms with E-state index in [4.69, 9.17) is 0 Å². The van der Waals surface area contributed by atoms with Crippen molar-refractivity contribution in [1.29, 1.82) is 0 Å². The minimum absolute atomic E-state index is 0.0861. The van der Waals surface area contributed by atoms with Crippen molar-refractivity contribution < 1.29 is 9.59 Å². The van der Waals surface area contributed by atoms with E-state index in [9.17, 15) is 9.59 Å². The minimum atomic E-state index is -0.150. The third-order valence-electron chi connectivity index (χ3n) is 4.47. The fourth-order valence-electron chi connectivity index (χ4n) is 2.69. The molecule has 0 spiro atoms. The minimum Gasteiger partial charge on any atom is -0.352 e. The quantitative estimate of drug-likeness (QED) is 0.692. The van der Waals surface area contributed by atoms with E-state index in [-0.39, 0.29) is 11.8 Å². The summed E-state index contributed by atoms with van der Waals surface area (Å²) in [5.41, 5.74) is 4.70. The van der Waals surface area contributed by atoms with E-state index in [1.165, 1.54) is 11.1 Å². The van der Waals surface area contributed by atoms with E-state index in [0.717, 1.165) is 18.4 Å². The zero-order chi connectivity index (χ0) is 18.9. The van der Waals surface area contributed by atoms with Gasteiger partial charge in [0, 0.05) is 13.0 Å². The predicted molar refractivity (Wildman–Crippen MR) is 107 cm³/mol. The highest BCUT2D eigenvalue weighted by Crippen LogP contribution is 2.16. The Labute approximate surface area is 156 Å². The maximum absolute atomic E-state index is 12.3. The summed E-state index contributed by atoms with van der Waals surface area (Å²) in [5.74, 6) is -0.236. The van der Waals surface area contributed by atoms with Gasteiger partial charge in [-0.2, -0.15) is 0 Å². The molecule has 0 aliphatic rings. The van der Waals surface area contributed by atoms with Crippen LogP contribution in [0.2, 0.25) is 0 Å². The van der Waals surface area contributed by atoms with Gasteiger partial charge in [0.15, 0.2) is 0 Å². The lowest BCUT2D eigenvalue weighted by molar-refractivity contribution is -0.116. The van der Waals surface area contributed by atoms with Crippen LogP contribution in [0.25, 0.3) is 0 Å². The second-order valence-corrected chi connectivity index (χ2v) is 6.62. The number of para-hydroxylation sites is 1. The zero-order valence-corrected chi connectivity index (χ0v) is 15.9. The molecular formula is C22H28N2O2. The van der Waals surface area contributed by atoms with Gasteiger partial charge < -0.3 is 10.6 Å². The number of benzene rings is 2. The molecule has 0 atom stereocenters. The summed E-state index contributed by atoms with van der Waals surface area (Å²) in [6, 6.07) is 13.4. The van der Waals surface area contributed by atoms with Crippen molar-refractivity contribution in [2.45, 2.75) is 46.5 Å². The van der Waals surface area contributed by atoms with Crippen molar-refractivity contribution in [3.05, 3.63) is 64.7 Å². The Balaban J connectivity index is 1.96. The highest BCUT2D eigenvalue weighted by molar-refractivity contribution is 6.03. The molecule has 4 heteroatoms. The summed E-state index contributed by atoms with van der Waals surface area (Å²) in [4.78, 5) is 24.6. The molecule has 0 fully saturated rings. The molecule has 0 saturated carbocycles. The van der Waals surface area contributed by atoms with Gasteiger partial charge in [-0.3, -0.25) is 9.59 Å². The van der Waals surface area contributed by atoms with E-state index in [0.29, 0.717) is 30.6 Å². The number of anilines is 1. The Morgan fingerprint density at radius 1 is 1.00 bits per heavy atom. The first-order chi connectivity index (χ1) is 12.5. The van der Waals surface area contributed by atoms with Gasteiger partial charge in [0.2, 0.25) is 5.91 Å². The molecule has 2 amide bonds. The SMILES string of the molecule is CCCCNC(=O)c1ccccc1NC(=O)CCc1ccc(C)c(C)c1. The fraction of sp³-hybridized carbons (Fsp3) is 0.364. The van der Waals surface area contributed by atoms with E-state index in [2.05, 4.69) is 49.6 Å². The molecule has 0 unspecified atom stereocenters. The number of carbonyl (C=O) groups is 2. The number of aryl methyl sites for hydroxylation is 3. The Morgan fingerprint density at radius 3 is 2.50 bits per heavy atom. The summed E-state index contributed by atoms with van der Waals surface area (Å²) in [5, 5.41) is 5.77. The number of unbranched alkanes of at least 4 members (excludes halogenated alkanes) is 1. The first kappa shape index (κ1) is 19.7. The molecule has 0 bridgehead atoms. The Hall–Kier alpha value is -2.62. The number of amides is 2. The number of carbonyl (C=O) groups excluding carboxylic acids is 2. The maximum Gasteiger partial charge on any atom is 0.253 e. The lowest BCUT2D eigenvalue weighted by Gasteiger charge is -2.11. The number of hydrogen-bond donors (Lipinski definition) is 2. The molecule has 2 aromatic rings. The molecule has 26 heavy (non-hydrogen) atoms.